The minimum absolute atomic E-state index is 0.0149. The first kappa shape index (κ1) is 21.0. The van der Waals surface area contributed by atoms with E-state index in [1.54, 1.807) is 24.3 Å². The number of benzene rings is 2. The van der Waals surface area contributed by atoms with E-state index in [2.05, 4.69) is 15.1 Å². The zero-order chi connectivity index (χ0) is 20.6. The molecule has 0 aromatic heterocycles. The van der Waals surface area contributed by atoms with E-state index in [0.29, 0.717) is 36.0 Å². The topological polar surface area (TPSA) is 87.9 Å². The molecule has 2 aromatic carbocycles. The number of carbonyl (C=O) groups excluding carboxylic acids is 2. The number of anilines is 1. The van der Waals surface area contributed by atoms with E-state index in [-0.39, 0.29) is 5.91 Å². The fourth-order valence-corrected chi connectivity index (χ4v) is 3.36. The summed E-state index contributed by atoms with van der Waals surface area (Å²) in [4.78, 5) is 27.7. The van der Waals surface area contributed by atoms with Crippen LogP contribution in [0.4, 0.5) is 5.69 Å². The molecule has 1 aliphatic rings. The number of ether oxygens (including phenoxy) is 1. The molecule has 0 unspecified atom stereocenters. The number of carbonyl (C=O) groups is 2. The third-order valence-corrected chi connectivity index (χ3v) is 4.98. The molecular formula is C21H25ClN4O3. The average Bonchev–Trinajstić information content (AvgIpc) is 2.72. The highest BCUT2D eigenvalue weighted by Gasteiger charge is 2.19. The number of hydrogen-bond acceptors (Lipinski definition) is 5. The SMILES string of the molecule is NC(=O)c1ccc(N2CCN(CC(=O)NCCOc3cccc(Cl)c3)CC2)cc1. The summed E-state index contributed by atoms with van der Waals surface area (Å²) < 4.78 is 5.57. The Hall–Kier alpha value is -2.77. The number of primary amides is 1. The molecule has 1 heterocycles. The molecule has 0 spiro atoms. The van der Waals surface area contributed by atoms with Crippen molar-refractivity contribution in [1.82, 2.24) is 10.2 Å². The van der Waals surface area contributed by atoms with Gasteiger partial charge in [0.15, 0.2) is 0 Å². The van der Waals surface area contributed by atoms with Crippen molar-refractivity contribution in [3.05, 3.63) is 59.1 Å². The summed E-state index contributed by atoms with van der Waals surface area (Å²) in [5.41, 5.74) is 6.83. The lowest BCUT2D eigenvalue weighted by Crippen LogP contribution is -2.49. The molecule has 8 heteroatoms. The summed E-state index contributed by atoms with van der Waals surface area (Å²) in [5.74, 6) is 0.246. The third-order valence-electron chi connectivity index (χ3n) is 4.75. The van der Waals surface area contributed by atoms with Gasteiger partial charge in [-0.2, -0.15) is 0 Å². The van der Waals surface area contributed by atoms with Gasteiger partial charge in [0.05, 0.1) is 13.1 Å². The van der Waals surface area contributed by atoms with Gasteiger partial charge in [0.2, 0.25) is 11.8 Å². The molecule has 0 radical (unpaired) electrons. The second-order valence-corrected chi connectivity index (χ2v) is 7.27. The Morgan fingerprint density at radius 2 is 1.79 bits per heavy atom. The standard InChI is InChI=1S/C21H25ClN4O3/c22-17-2-1-3-19(14-17)29-13-8-24-20(27)15-25-9-11-26(12-10-25)18-6-4-16(5-7-18)21(23)28/h1-7,14H,8-13,15H2,(H2,23,28)(H,24,27). The van der Waals surface area contributed by atoms with Crippen molar-refractivity contribution in [2.75, 3.05) is 50.8 Å². The van der Waals surface area contributed by atoms with Crippen LogP contribution in [0, 0.1) is 0 Å². The quantitative estimate of drug-likeness (QED) is 0.640. The highest BCUT2D eigenvalue weighted by molar-refractivity contribution is 6.30. The van der Waals surface area contributed by atoms with Crippen LogP contribution in [0.3, 0.4) is 0 Å². The number of rotatable bonds is 8. The number of nitrogens with two attached hydrogens (primary N) is 1. The summed E-state index contributed by atoms with van der Waals surface area (Å²) >= 11 is 5.91. The maximum absolute atomic E-state index is 12.1. The monoisotopic (exact) mass is 416 g/mol. The first-order chi connectivity index (χ1) is 14.0. The van der Waals surface area contributed by atoms with Crippen molar-refractivity contribution in [1.29, 1.82) is 0 Å². The highest BCUT2D eigenvalue weighted by atomic mass is 35.5. The Morgan fingerprint density at radius 1 is 1.07 bits per heavy atom. The predicted molar refractivity (Wildman–Crippen MR) is 114 cm³/mol. The minimum atomic E-state index is -0.426. The summed E-state index contributed by atoms with van der Waals surface area (Å²) in [5, 5.41) is 3.50. The van der Waals surface area contributed by atoms with Gasteiger partial charge in [-0.05, 0) is 42.5 Å². The number of nitrogens with zero attached hydrogens (tertiary/aromatic N) is 2. The summed E-state index contributed by atoms with van der Waals surface area (Å²) in [7, 11) is 0. The zero-order valence-corrected chi connectivity index (χ0v) is 16.9. The van der Waals surface area contributed by atoms with Crippen molar-refractivity contribution >= 4 is 29.1 Å². The van der Waals surface area contributed by atoms with Gasteiger partial charge in [-0.1, -0.05) is 17.7 Å². The van der Waals surface area contributed by atoms with Gasteiger partial charge in [-0.3, -0.25) is 14.5 Å². The van der Waals surface area contributed by atoms with Crippen LogP contribution in [0.5, 0.6) is 5.75 Å². The molecule has 154 valence electrons. The van der Waals surface area contributed by atoms with Crippen LogP contribution < -0.4 is 20.7 Å². The number of piperazine rings is 1. The molecule has 29 heavy (non-hydrogen) atoms. The minimum Gasteiger partial charge on any atom is -0.492 e. The lowest BCUT2D eigenvalue weighted by molar-refractivity contribution is -0.122. The molecule has 3 rings (SSSR count). The fraction of sp³-hybridized carbons (Fsp3) is 0.333. The van der Waals surface area contributed by atoms with E-state index in [0.717, 1.165) is 31.9 Å². The normalized spacial score (nSPS) is 14.4. The molecular weight excluding hydrogens is 392 g/mol. The van der Waals surface area contributed by atoms with Crippen LogP contribution in [0.1, 0.15) is 10.4 Å². The zero-order valence-electron chi connectivity index (χ0n) is 16.1. The molecule has 7 nitrogen and oxygen atoms in total. The van der Waals surface area contributed by atoms with Gasteiger partial charge in [0.25, 0.3) is 0 Å². The molecule has 0 saturated carbocycles. The van der Waals surface area contributed by atoms with Crippen molar-refractivity contribution in [2.45, 2.75) is 0 Å². The second kappa shape index (κ2) is 10.1. The van der Waals surface area contributed by atoms with E-state index in [4.69, 9.17) is 22.1 Å². The molecule has 3 N–H and O–H groups in total. The fourth-order valence-electron chi connectivity index (χ4n) is 3.18. The Labute approximate surface area is 175 Å². The average molecular weight is 417 g/mol. The van der Waals surface area contributed by atoms with E-state index in [1.807, 2.05) is 24.3 Å². The van der Waals surface area contributed by atoms with Gasteiger partial charge >= 0.3 is 0 Å². The number of nitrogens with one attached hydrogen (secondary N) is 1. The Bertz CT molecular complexity index is 836. The van der Waals surface area contributed by atoms with Crippen LogP contribution in [0.15, 0.2) is 48.5 Å². The lowest BCUT2D eigenvalue weighted by atomic mass is 10.1. The van der Waals surface area contributed by atoms with Gasteiger partial charge in [-0.25, -0.2) is 0 Å². The van der Waals surface area contributed by atoms with Crippen LogP contribution >= 0.6 is 11.6 Å². The molecule has 0 atom stereocenters. The summed E-state index contributed by atoms with van der Waals surface area (Å²) in [6, 6.07) is 14.5. The molecule has 1 saturated heterocycles. The second-order valence-electron chi connectivity index (χ2n) is 6.83. The third kappa shape index (κ3) is 6.37. The Morgan fingerprint density at radius 3 is 2.45 bits per heavy atom. The predicted octanol–water partition coefficient (Wildman–Crippen LogP) is 1.76. The molecule has 2 amide bonds. The van der Waals surface area contributed by atoms with Crippen molar-refractivity contribution in [3.8, 4) is 5.75 Å². The van der Waals surface area contributed by atoms with Gasteiger partial charge in [-0.15, -0.1) is 0 Å². The van der Waals surface area contributed by atoms with Crippen LogP contribution in [-0.2, 0) is 4.79 Å². The summed E-state index contributed by atoms with van der Waals surface area (Å²) in [6.45, 7) is 4.43. The van der Waals surface area contributed by atoms with E-state index in [9.17, 15) is 9.59 Å². The maximum Gasteiger partial charge on any atom is 0.248 e. The van der Waals surface area contributed by atoms with Crippen molar-refractivity contribution < 1.29 is 14.3 Å². The lowest BCUT2D eigenvalue weighted by Gasteiger charge is -2.35. The van der Waals surface area contributed by atoms with Gasteiger partial charge in [0, 0.05) is 42.5 Å². The molecule has 0 aliphatic carbocycles. The van der Waals surface area contributed by atoms with Crippen molar-refractivity contribution in [2.24, 2.45) is 5.73 Å². The van der Waals surface area contributed by atoms with Crippen LogP contribution in [0.25, 0.3) is 0 Å². The molecule has 0 bridgehead atoms. The molecule has 1 fully saturated rings. The summed E-state index contributed by atoms with van der Waals surface area (Å²) in [6.07, 6.45) is 0. The number of amides is 2. The smallest absolute Gasteiger partial charge is 0.248 e. The van der Waals surface area contributed by atoms with Crippen molar-refractivity contribution in [3.63, 3.8) is 0 Å². The van der Waals surface area contributed by atoms with Gasteiger partial charge < -0.3 is 20.7 Å². The first-order valence-corrected chi connectivity index (χ1v) is 9.91. The Kier molecular flexibility index (Phi) is 7.32. The van der Waals surface area contributed by atoms with Crippen LogP contribution in [0.2, 0.25) is 5.02 Å². The number of halogens is 1. The molecule has 2 aromatic rings. The first-order valence-electron chi connectivity index (χ1n) is 9.53. The van der Waals surface area contributed by atoms with E-state index in [1.165, 1.54) is 0 Å². The van der Waals surface area contributed by atoms with E-state index < -0.39 is 5.91 Å². The number of hydrogen-bond donors (Lipinski definition) is 2. The maximum atomic E-state index is 12.1. The Balaban J connectivity index is 1.34. The largest absolute Gasteiger partial charge is 0.492 e. The van der Waals surface area contributed by atoms with Crippen LogP contribution in [-0.4, -0.2) is 62.6 Å². The highest BCUT2D eigenvalue weighted by Crippen LogP contribution is 2.18. The van der Waals surface area contributed by atoms with Gasteiger partial charge in [0.1, 0.15) is 12.4 Å². The van der Waals surface area contributed by atoms with E-state index >= 15 is 0 Å². The molecule has 1 aliphatic heterocycles.